The molecule has 0 radical (unpaired) electrons. The first kappa shape index (κ1) is 16.3. The molecule has 0 spiro atoms. The van der Waals surface area contributed by atoms with Gasteiger partial charge in [0.15, 0.2) is 0 Å². The Morgan fingerprint density at radius 3 is 2.23 bits per heavy atom. The fourth-order valence-electron chi connectivity index (χ4n) is 2.46. The van der Waals surface area contributed by atoms with Crippen LogP contribution in [0.3, 0.4) is 0 Å². The summed E-state index contributed by atoms with van der Waals surface area (Å²) in [7, 11) is 0. The second-order valence-corrected chi connectivity index (χ2v) is 5.50. The average Bonchev–Trinajstić information content (AvgIpc) is 2.56. The molecule has 0 amide bonds. The number of hydrogen-bond donors (Lipinski definition) is 0. The lowest BCUT2D eigenvalue weighted by atomic mass is 10.0. The number of benzene rings is 2. The van der Waals surface area contributed by atoms with E-state index < -0.39 is 0 Å². The molecule has 0 aliphatic heterocycles. The molecule has 0 heterocycles. The van der Waals surface area contributed by atoms with Crippen molar-refractivity contribution in [1.29, 1.82) is 0 Å². The van der Waals surface area contributed by atoms with Gasteiger partial charge < -0.3 is 4.84 Å². The molecule has 2 heteroatoms. The van der Waals surface area contributed by atoms with Crippen molar-refractivity contribution in [2.75, 3.05) is 0 Å². The molecule has 0 atom stereocenters. The van der Waals surface area contributed by atoms with Gasteiger partial charge in [0.05, 0.1) is 5.71 Å². The second kappa shape index (κ2) is 9.04. The second-order valence-electron chi connectivity index (χ2n) is 5.50. The Kier molecular flexibility index (Phi) is 6.69. The zero-order chi connectivity index (χ0) is 15.6. The molecule has 2 rings (SSSR count). The Bertz CT molecular complexity index is 582. The van der Waals surface area contributed by atoms with Crippen LogP contribution in [-0.4, -0.2) is 5.71 Å². The standard InChI is InChI=1S/C20H25NO/c1-3-9-20(10-4-2)21-22-16-17-11-8-14-19(15-17)18-12-6-5-7-13-18/h5-8,11-15H,3-4,9-10,16H2,1-2H3. The molecule has 0 saturated heterocycles. The molecule has 22 heavy (non-hydrogen) atoms. The zero-order valence-corrected chi connectivity index (χ0v) is 13.6. The maximum absolute atomic E-state index is 5.57. The summed E-state index contributed by atoms with van der Waals surface area (Å²) in [6.07, 6.45) is 4.28. The predicted octanol–water partition coefficient (Wildman–Crippen LogP) is 5.83. The van der Waals surface area contributed by atoms with Crippen molar-refractivity contribution >= 4 is 5.71 Å². The number of rotatable bonds is 8. The van der Waals surface area contributed by atoms with Gasteiger partial charge in [-0.25, -0.2) is 0 Å². The average molecular weight is 295 g/mol. The van der Waals surface area contributed by atoms with Crippen LogP contribution in [0.5, 0.6) is 0 Å². The van der Waals surface area contributed by atoms with E-state index in [2.05, 4.69) is 67.5 Å². The molecular weight excluding hydrogens is 270 g/mol. The van der Waals surface area contributed by atoms with Crippen molar-refractivity contribution < 1.29 is 4.84 Å². The van der Waals surface area contributed by atoms with E-state index in [1.165, 1.54) is 16.8 Å². The van der Waals surface area contributed by atoms with Crippen molar-refractivity contribution in [3.8, 4) is 11.1 Å². The smallest absolute Gasteiger partial charge is 0.142 e. The van der Waals surface area contributed by atoms with E-state index in [4.69, 9.17) is 4.84 Å². The molecule has 0 bridgehead atoms. The van der Waals surface area contributed by atoms with Gasteiger partial charge in [0, 0.05) is 0 Å². The third-order valence-electron chi connectivity index (χ3n) is 3.54. The quantitative estimate of drug-likeness (QED) is 0.444. The highest BCUT2D eigenvalue weighted by atomic mass is 16.6. The van der Waals surface area contributed by atoms with Crippen molar-refractivity contribution in [3.63, 3.8) is 0 Å². The first-order valence-corrected chi connectivity index (χ1v) is 8.15. The third-order valence-corrected chi connectivity index (χ3v) is 3.54. The predicted molar refractivity (Wildman–Crippen MR) is 93.9 cm³/mol. The van der Waals surface area contributed by atoms with E-state index in [1.807, 2.05) is 6.07 Å². The Labute approximate surface area is 133 Å². The van der Waals surface area contributed by atoms with Gasteiger partial charge in [-0.15, -0.1) is 0 Å². The zero-order valence-electron chi connectivity index (χ0n) is 13.6. The maximum atomic E-state index is 5.57. The highest BCUT2D eigenvalue weighted by Crippen LogP contribution is 2.20. The molecule has 2 aromatic rings. The summed E-state index contributed by atoms with van der Waals surface area (Å²) in [5.41, 5.74) is 4.76. The Hall–Kier alpha value is -2.09. The molecule has 2 aromatic carbocycles. The van der Waals surface area contributed by atoms with Crippen molar-refractivity contribution in [3.05, 3.63) is 60.2 Å². The summed E-state index contributed by atoms with van der Waals surface area (Å²) in [5, 5.41) is 4.32. The first-order valence-electron chi connectivity index (χ1n) is 8.15. The normalized spacial score (nSPS) is 10.3. The third kappa shape index (κ3) is 5.03. The van der Waals surface area contributed by atoms with Crippen LogP contribution >= 0.6 is 0 Å². The van der Waals surface area contributed by atoms with E-state index in [0.717, 1.165) is 31.2 Å². The molecule has 116 valence electrons. The highest BCUT2D eigenvalue weighted by Gasteiger charge is 2.01. The molecule has 0 N–H and O–H groups in total. The van der Waals surface area contributed by atoms with Crippen LogP contribution in [0.25, 0.3) is 11.1 Å². The van der Waals surface area contributed by atoms with Gasteiger partial charge in [-0.1, -0.05) is 80.4 Å². The monoisotopic (exact) mass is 295 g/mol. The van der Waals surface area contributed by atoms with Crippen molar-refractivity contribution in [1.82, 2.24) is 0 Å². The summed E-state index contributed by atoms with van der Waals surface area (Å²) in [6, 6.07) is 18.9. The number of oxime groups is 1. The lowest BCUT2D eigenvalue weighted by Crippen LogP contribution is -1.99. The lowest BCUT2D eigenvalue weighted by Gasteiger charge is -2.07. The van der Waals surface area contributed by atoms with E-state index in [0.29, 0.717) is 6.61 Å². The van der Waals surface area contributed by atoms with Gasteiger partial charge in [0.25, 0.3) is 0 Å². The van der Waals surface area contributed by atoms with Gasteiger partial charge in [-0.2, -0.15) is 0 Å². The summed E-state index contributed by atoms with van der Waals surface area (Å²) >= 11 is 0. The molecular formula is C20H25NO. The Morgan fingerprint density at radius 1 is 0.864 bits per heavy atom. The number of nitrogens with zero attached hydrogens (tertiary/aromatic N) is 1. The summed E-state index contributed by atoms with van der Waals surface area (Å²) in [6.45, 7) is 4.88. The van der Waals surface area contributed by atoms with E-state index >= 15 is 0 Å². The molecule has 2 nitrogen and oxygen atoms in total. The van der Waals surface area contributed by atoms with Gasteiger partial charge in [0.1, 0.15) is 6.61 Å². The summed E-state index contributed by atoms with van der Waals surface area (Å²) in [4.78, 5) is 5.57. The minimum Gasteiger partial charge on any atom is -0.391 e. The van der Waals surface area contributed by atoms with Crippen LogP contribution in [0.15, 0.2) is 59.8 Å². The SMILES string of the molecule is CCCC(CCC)=NOCc1cccc(-c2ccccc2)c1. The fourth-order valence-corrected chi connectivity index (χ4v) is 2.46. The minimum atomic E-state index is 0.525. The highest BCUT2D eigenvalue weighted by molar-refractivity contribution is 5.83. The molecule has 0 aliphatic rings. The van der Waals surface area contributed by atoms with Crippen LogP contribution in [0.2, 0.25) is 0 Å². The van der Waals surface area contributed by atoms with Crippen LogP contribution < -0.4 is 0 Å². The minimum absolute atomic E-state index is 0.525. The van der Waals surface area contributed by atoms with Gasteiger partial charge in [0.2, 0.25) is 0 Å². The number of hydrogen-bond acceptors (Lipinski definition) is 2. The molecule has 0 fully saturated rings. The molecule has 0 saturated carbocycles. The van der Waals surface area contributed by atoms with E-state index in [9.17, 15) is 0 Å². The molecule has 0 aromatic heterocycles. The molecule has 0 unspecified atom stereocenters. The van der Waals surface area contributed by atoms with Crippen LogP contribution in [0.1, 0.15) is 45.1 Å². The van der Waals surface area contributed by atoms with E-state index in [-0.39, 0.29) is 0 Å². The Morgan fingerprint density at radius 2 is 1.55 bits per heavy atom. The topological polar surface area (TPSA) is 21.6 Å². The van der Waals surface area contributed by atoms with Crippen LogP contribution in [-0.2, 0) is 11.4 Å². The Balaban J connectivity index is 2.00. The molecule has 0 aliphatic carbocycles. The largest absolute Gasteiger partial charge is 0.391 e. The summed E-state index contributed by atoms with van der Waals surface area (Å²) < 4.78 is 0. The summed E-state index contributed by atoms with van der Waals surface area (Å²) in [5.74, 6) is 0. The fraction of sp³-hybridized carbons (Fsp3) is 0.350. The van der Waals surface area contributed by atoms with E-state index in [1.54, 1.807) is 0 Å². The first-order chi connectivity index (χ1) is 10.8. The van der Waals surface area contributed by atoms with Crippen LogP contribution in [0, 0.1) is 0 Å². The van der Waals surface area contributed by atoms with Gasteiger partial charge >= 0.3 is 0 Å². The van der Waals surface area contributed by atoms with Crippen LogP contribution in [0.4, 0.5) is 0 Å². The lowest BCUT2D eigenvalue weighted by molar-refractivity contribution is 0.129. The van der Waals surface area contributed by atoms with Crippen molar-refractivity contribution in [2.24, 2.45) is 5.16 Å². The van der Waals surface area contributed by atoms with Crippen molar-refractivity contribution in [2.45, 2.75) is 46.1 Å². The maximum Gasteiger partial charge on any atom is 0.142 e. The van der Waals surface area contributed by atoms with Gasteiger partial charge in [-0.05, 0) is 35.6 Å². The van der Waals surface area contributed by atoms with Gasteiger partial charge in [-0.3, -0.25) is 0 Å².